The third-order valence-electron chi connectivity index (χ3n) is 3.89. The van der Waals surface area contributed by atoms with Crippen LogP contribution >= 0.6 is 0 Å². The first-order valence-corrected chi connectivity index (χ1v) is 4.53. The lowest BCUT2D eigenvalue weighted by atomic mass is 9.75. The van der Waals surface area contributed by atoms with E-state index in [-0.39, 0.29) is 0 Å². The summed E-state index contributed by atoms with van der Waals surface area (Å²) in [5.74, 6) is 1.28. The van der Waals surface area contributed by atoms with Crippen molar-refractivity contribution in [2.75, 3.05) is 0 Å². The molecule has 62 valence electrons. The molecule has 4 rings (SSSR count). The highest BCUT2D eigenvalue weighted by Gasteiger charge is 2.61. The molecule has 0 amide bonds. The zero-order valence-electron chi connectivity index (χ0n) is 6.58. The summed E-state index contributed by atoms with van der Waals surface area (Å²) in [5.41, 5.74) is -0.943. The molecular weight excluding hydrogens is 140 g/mol. The summed E-state index contributed by atoms with van der Waals surface area (Å²) < 4.78 is 0. The van der Waals surface area contributed by atoms with Crippen molar-refractivity contribution in [3.8, 4) is 0 Å². The SMILES string of the molecule is OC12CC3CC(O)(CC3C1)C2. The Hall–Kier alpha value is -0.0800. The molecule has 0 heterocycles. The molecule has 0 spiro atoms. The fourth-order valence-corrected chi connectivity index (χ4v) is 3.83. The first-order valence-electron chi connectivity index (χ1n) is 4.53. The number of hydrogen-bond donors (Lipinski definition) is 2. The van der Waals surface area contributed by atoms with Gasteiger partial charge in [0.25, 0.3) is 0 Å². The minimum atomic E-state index is -0.472. The van der Waals surface area contributed by atoms with Crippen LogP contribution in [0, 0.1) is 11.8 Å². The second kappa shape index (κ2) is 1.50. The summed E-state index contributed by atoms with van der Waals surface area (Å²) in [7, 11) is 0. The van der Waals surface area contributed by atoms with Gasteiger partial charge < -0.3 is 10.2 Å². The molecule has 4 bridgehead atoms. The van der Waals surface area contributed by atoms with Crippen molar-refractivity contribution in [2.24, 2.45) is 11.8 Å². The van der Waals surface area contributed by atoms with Crippen molar-refractivity contribution >= 4 is 0 Å². The van der Waals surface area contributed by atoms with Gasteiger partial charge in [0, 0.05) is 6.42 Å². The van der Waals surface area contributed by atoms with E-state index in [4.69, 9.17) is 0 Å². The molecule has 4 saturated carbocycles. The first-order chi connectivity index (χ1) is 5.09. The molecule has 0 unspecified atom stereocenters. The van der Waals surface area contributed by atoms with E-state index in [0.29, 0.717) is 18.3 Å². The summed E-state index contributed by atoms with van der Waals surface area (Å²) in [4.78, 5) is 0. The van der Waals surface area contributed by atoms with Gasteiger partial charge in [-0.05, 0) is 37.5 Å². The Morgan fingerprint density at radius 1 is 0.818 bits per heavy atom. The van der Waals surface area contributed by atoms with Gasteiger partial charge in [0.1, 0.15) is 0 Å². The van der Waals surface area contributed by atoms with Crippen molar-refractivity contribution in [3.63, 3.8) is 0 Å². The standard InChI is InChI=1S/C9H14O2/c10-8-1-6-2-9(11,5-8)4-7(6)3-8/h6-7,10-11H,1-5H2. The Morgan fingerprint density at radius 3 is 1.45 bits per heavy atom. The van der Waals surface area contributed by atoms with Gasteiger partial charge in [0.05, 0.1) is 11.2 Å². The Balaban J connectivity index is 2.03. The molecule has 2 N–H and O–H groups in total. The Bertz CT molecular complexity index is 178. The molecule has 0 saturated heterocycles. The largest absolute Gasteiger partial charge is 0.390 e. The van der Waals surface area contributed by atoms with E-state index in [2.05, 4.69) is 0 Å². The summed E-state index contributed by atoms with van der Waals surface area (Å²) in [6.45, 7) is 0. The summed E-state index contributed by atoms with van der Waals surface area (Å²) in [6.07, 6.45) is 4.48. The predicted molar refractivity (Wildman–Crippen MR) is 40.0 cm³/mol. The van der Waals surface area contributed by atoms with Crippen LogP contribution in [0.4, 0.5) is 0 Å². The van der Waals surface area contributed by atoms with Gasteiger partial charge in [-0.2, -0.15) is 0 Å². The van der Waals surface area contributed by atoms with Crippen molar-refractivity contribution < 1.29 is 10.2 Å². The molecule has 0 aliphatic heterocycles. The zero-order valence-corrected chi connectivity index (χ0v) is 6.58. The Kier molecular flexibility index (Phi) is 0.879. The molecule has 11 heavy (non-hydrogen) atoms. The van der Waals surface area contributed by atoms with Crippen molar-refractivity contribution in [1.82, 2.24) is 0 Å². The zero-order chi connectivity index (χ0) is 7.69. The highest BCUT2D eigenvalue weighted by Crippen LogP contribution is 2.61. The maximum absolute atomic E-state index is 9.93. The van der Waals surface area contributed by atoms with Crippen LogP contribution in [0.15, 0.2) is 0 Å². The summed E-state index contributed by atoms with van der Waals surface area (Å²) in [6, 6.07) is 0. The van der Waals surface area contributed by atoms with Crippen LogP contribution in [-0.4, -0.2) is 21.4 Å². The lowest BCUT2D eigenvalue weighted by Gasteiger charge is -2.39. The molecule has 2 nitrogen and oxygen atoms in total. The highest BCUT2D eigenvalue weighted by atomic mass is 16.3. The molecule has 0 aromatic rings. The Labute approximate surface area is 66.2 Å². The first kappa shape index (κ1) is 6.44. The van der Waals surface area contributed by atoms with Crippen LogP contribution in [0.5, 0.6) is 0 Å². The number of hydrogen-bond acceptors (Lipinski definition) is 2. The van der Waals surface area contributed by atoms with Gasteiger partial charge in [-0.1, -0.05) is 0 Å². The second-order valence-corrected chi connectivity index (χ2v) is 4.96. The highest BCUT2D eigenvalue weighted by molar-refractivity contribution is 5.13. The fourth-order valence-electron chi connectivity index (χ4n) is 3.83. The van der Waals surface area contributed by atoms with E-state index in [9.17, 15) is 10.2 Å². The molecule has 4 aliphatic rings. The maximum atomic E-state index is 9.93. The third-order valence-corrected chi connectivity index (χ3v) is 3.89. The van der Waals surface area contributed by atoms with Gasteiger partial charge >= 0.3 is 0 Å². The topological polar surface area (TPSA) is 40.5 Å². The molecule has 4 fully saturated rings. The van der Waals surface area contributed by atoms with E-state index >= 15 is 0 Å². The van der Waals surface area contributed by atoms with Crippen LogP contribution in [0.25, 0.3) is 0 Å². The van der Waals surface area contributed by atoms with Crippen LogP contribution in [0.1, 0.15) is 32.1 Å². The van der Waals surface area contributed by atoms with Gasteiger partial charge in [-0.25, -0.2) is 0 Å². The smallest absolute Gasteiger partial charge is 0.0680 e. The molecule has 4 aliphatic carbocycles. The molecule has 2 heteroatoms. The van der Waals surface area contributed by atoms with Gasteiger partial charge in [0.15, 0.2) is 0 Å². The summed E-state index contributed by atoms with van der Waals surface area (Å²) in [5, 5.41) is 19.9. The van der Waals surface area contributed by atoms with Crippen LogP contribution < -0.4 is 0 Å². The average molecular weight is 154 g/mol. The van der Waals surface area contributed by atoms with Crippen LogP contribution in [0.2, 0.25) is 0 Å². The number of aliphatic hydroxyl groups is 2. The lowest BCUT2D eigenvalue weighted by Crippen LogP contribution is -2.44. The van der Waals surface area contributed by atoms with Gasteiger partial charge in [-0.3, -0.25) is 0 Å². The van der Waals surface area contributed by atoms with Crippen LogP contribution in [-0.2, 0) is 0 Å². The minimum absolute atomic E-state index is 0.472. The molecule has 0 atom stereocenters. The minimum Gasteiger partial charge on any atom is -0.390 e. The monoisotopic (exact) mass is 154 g/mol. The van der Waals surface area contributed by atoms with E-state index in [1.807, 2.05) is 0 Å². The predicted octanol–water partition coefficient (Wildman–Crippen LogP) is 0.672. The maximum Gasteiger partial charge on any atom is 0.0680 e. The van der Waals surface area contributed by atoms with Crippen molar-refractivity contribution in [2.45, 2.75) is 43.3 Å². The molecule has 0 aromatic heterocycles. The Morgan fingerprint density at radius 2 is 1.18 bits per heavy atom. The second-order valence-electron chi connectivity index (χ2n) is 4.96. The van der Waals surface area contributed by atoms with Crippen molar-refractivity contribution in [3.05, 3.63) is 0 Å². The quantitative estimate of drug-likeness (QED) is 0.538. The average Bonchev–Trinajstić information content (AvgIpc) is 2.11. The van der Waals surface area contributed by atoms with Gasteiger partial charge in [-0.15, -0.1) is 0 Å². The number of rotatable bonds is 0. The summed E-state index contributed by atoms with van der Waals surface area (Å²) >= 11 is 0. The van der Waals surface area contributed by atoms with Gasteiger partial charge in [0.2, 0.25) is 0 Å². The lowest BCUT2D eigenvalue weighted by molar-refractivity contribution is -0.0986. The van der Waals surface area contributed by atoms with Crippen LogP contribution in [0.3, 0.4) is 0 Å². The normalized spacial score (nSPS) is 66.0. The third kappa shape index (κ3) is 0.695. The van der Waals surface area contributed by atoms with E-state index in [1.165, 1.54) is 0 Å². The molecular formula is C9H14O2. The molecule has 0 aromatic carbocycles. The van der Waals surface area contributed by atoms with Crippen molar-refractivity contribution in [1.29, 1.82) is 0 Å². The van der Waals surface area contributed by atoms with E-state index < -0.39 is 11.2 Å². The molecule has 0 radical (unpaired) electrons. The van der Waals surface area contributed by atoms with E-state index in [1.54, 1.807) is 0 Å². The fraction of sp³-hybridized carbons (Fsp3) is 1.00. The van der Waals surface area contributed by atoms with E-state index in [0.717, 1.165) is 25.7 Å².